The topological polar surface area (TPSA) is 84.6 Å². The predicted octanol–water partition coefficient (Wildman–Crippen LogP) is 1.76. The second kappa shape index (κ2) is 10.6. The average Bonchev–Trinajstić information content (AvgIpc) is 3.09. The molecule has 3 heterocycles. The molecule has 3 aromatic rings. The molecule has 1 fully saturated rings. The number of likely N-dealkylation sites (tertiary alicyclic amines) is 1. The lowest BCUT2D eigenvalue weighted by molar-refractivity contribution is -0.136. The van der Waals surface area contributed by atoms with Crippen LogP contribution in [0.4, 0.5) is 0 Å². The summed E-state index contributed by atoms with van der Waals surface area (Å²) in [7, 11) is 1.45. The summed E-state index contributed by atoms with van der Waals surface area (Å²) in [5.74, 6) is -0.00288. The van der Waals surface area contributed by atoms with Crippen molar-refractivity contribution in [3.63, 3.8) is 0 Å². The highest BCUT2D eigenvalue weighted by molar-refractivity contribution is 5.80. The molecule has 2 amide bonds. The zero-order valence-electron chi connectivity index (χ0n) is 21.1. The number of carbonyl (C=O) groups excluding carboxylic acids is 2. The van der Waals surface area contributed by atoms with Gasteiger partial charge in [-0.25, -0.2) is 4.79 Å². The molecule has 2 aromatic carbocycles. The quantitative estimate of drug-likeness (QED) is 0.535. The average molecular weight is 501 g/mol. The summed E-state index contributed by atoms with van der Waals surface area (Å²) in [5.41, 5.74) is 2.93. The molecule has 0 spiro atoms. The van der Waals surface area contributed by atoms with Crippen LogP contribution in [0.3, 0.4) is 0 Å². The van der Waals surface area contributed by atoms with E-state index in [1.165, 1.54) is 23.4 Å². The lowest BCUT2D eigenvalue weighted by Crippen LogP contribution is -2.50. The van der Waals surface area contributed by atoms with E-state index in [9.17, 15) is 19.2 Å². The normalized spacial score (nSPS) is 16.4. The van der Waals surface area contributed by atoms with Crippen LogP contribution in [-0.2, 0) is 42.4 Å². The molecule has 8 heteroatoms. The second-order valence-electron chi connectivity index (χ2n) is 9.99. The fraction of sp³-hybridized carbons (Fsp3) is 0.379. The fourth-order valence-electron chi connectivity index (χ4n) is 5.51. The Morgan fingerprint density at radius 3 is 2.30 bits per heavy atom. The van der Waals surface area contributed by atoms with E-state index in [4.69, 9.17) is 0 Å². The molecule has 0 atom stereocenters. The van der Waals surface area contributed by atoms with Gasteiger partial charge in [0.05, 0.1) is 6.42 Å². The Kier molecular flexibility index (Phi) is 7.08. The third-order valence-corrected chi connectivity index (χ3v) is 7.63. The fourth-order valence-corrected chi connectivity index (χ4v) is 5.51. The van der Waals surface area contributed by atoms with E-state index in [1.807, 2.05) is 53.4 Å². The van der Waals surface area contributed by atoms with Gasteiger partial charge >= 0.3 is 5.69 Å². The molecular formula is C29H32N4O4. The summed E-state index contributed by atoms with van der Waals surface area (Å²) in [6, 6.07) is 17.8. The first kappa shape index (κ1) is 24.7. The summed E-state index contributed by atoms with van der Waals surface area (Å²) in [6.07, 6.45) is 4.62. The summed E-state index contributed by atoms with van der Waals surface area (Å²) in [6.45, 7) is 1.67. The van der Waals surface area contributed by atoms with Crippen LogP contribution in [0.2, 0.25) is 0 Å². The molecule has 2 aliphatic rings. The van der Waals surface area contributed by atoms with Gasteiger partial charge in [-0.2, -0.15) is 0 Å². The van der Waals surface area contributed by atoms with Gasteiger partial charge in [-0.15, -0.1) is 0 Å². The van der Waals surface area contributed by atoms with E-state index in [0.717, 1.165) is 35.0 Å². The van der Waals surface area contributed by atoms with Crippen molar-refractivity contribution in [2.45, 2.75) is 44.7 Å². The van der Waals surface area contributed by atoms with Crippen molar-refractivity contribution in [3.8, 4) is 0 Å². The molecule has 0 bridgehead atoms. The SMILES string of the molecule is Cn1c(=O)c(Cc2ccccc2)cn(CC(=O)N2CCC(N3CCc4ccccc4CC3=O)CC2)c1=O. The Bertz CT molecular complexity index is 1420. The highest BCUT2D eigenvalue weighted by atomic mass is 16.2. The number of hydrogen-bond donors (Lipinski definition) is 0. The van der Waals surface area contributed by atoms with Crippen molar-refractivity contribution in [3.05, 3.63) is 104 Å². The van der Waals surface area contributed by atoms with Crippen molar-refractivity contribution in [1.29, 1.82) is 0 Å². The van der Waals surface area contributed by atoms with Crippen LogP contribution >= 0.6 is 0 Å². The van der Waals surface area contributed by atoms with Gasteiger partial charge in [0.1, 0.15) is 6.54 Å². The van der Waals surface area contributed by atoms with Crippen LogP contribution in [0.1, 0.15) is 35.1 Å². The molecular weight excluding hydrogens is 468 g/mol. The predicted molar refractivity (Wildman–Crippen MR) is 140 cm³/mol. The third kappa shape index (κ3) is 5.28. The molecule has 37 heavy (non-hydrogen) atoms. The minimum absolute atomic E-state index is 0.114. The number of piperidine rings is 1. The Morgan fingerprint density at radius 1 is 0.892 bits per heavy atom. The van der Waals surface area contributed by atoms with Crippen LogP contribution < -0.4 is 11.2 Å². The zero-order chi connectivity index (χ0) is 25.9. The standard InChI is InChI=1S/C29H32N4O4/c1-30-28(36)24(17-21-7-3-2-4-8-21)19-32(29(30)37)20-27(35)31-14-12-25(13-15-31)33-16-11-22-9-5-6-10-23(22)18-26(33)34/h2-10,19,25H,11-18,20H2,1H3. The smallest absolute Gasteiger partial charge is 0.331 e. The molecule has 2 aliphatic heterocycles. The van der Waals surface area contributed by atoms with Crippen molar-refractivity contribution in [2.75, 3.05) is 19.6 Å². The molecule has 0 unspecified atom stereocenters. The molecule has 1 saturated heterocycles. The van der Waals surface area contributed by atoms with E-state index >= 15 is 0 Å². The molecule has 0 radical (unpaired) electrons. The molecule has 0 N–H and O–H groups in total. The highest BCUT2D eigenvalue weighted by Crippen LogP contribution is 2.23. The Morgan fingerprint density at radius 2 is 1.57 bits per heavy atom. The van der Waals surface area contributed by atoms with Crippen molar-refractivity contribution in [1.82, 2.24) is 18.9 Å². The monoisotopic (exact) mass is 500 g/mol. The molecule has 1 aromatic heterocycles. The van der Waals surface area contributed by atoms with Gasteiger partial charge in [-0.3, -0.25) is 23.5 Å². The number of nitrogens with zero attached hydrogens (tertiary/aromatic N) is 4. The Balaban J connectivity index is 1.23. The number of amides is 2. The molecule has 8 nitrogen and oxygen atoms in total. The molecule has 5 rings (SSSR count). The first-order valence-corrected chi connectivity index (χ1v) is 12.9. The van der Waals surface area contributed by atoms with Gasteiger partial charge < -0.3 is 9.80 Å². The van der Waals surface area contributed by atoms with Crippen LogP contribution in [0.25, 0.3) is 0 Å². The zero-order valence-corrected chi connectivity index (χ0v) is 21.1. The lowest BCUT2D eigenvalue weighted by Gasteiger charge is -2.38. The lowest BCUT2D eigenvalue weighted by atomic mass is 10.0. The van der Waals surface area contributed by atoms with Gasteiger partial charge in [-0.05, 0) is 36.0 Å². The Hall–Kier alpha value is -3.94. The number of rotatable bonds is 5. The van der Waals surface area contributed by atoms with E-state index in [1.54, 1.807) is 4.90 Å². The summed E-state index contributed by atoms with van der Waals surface area (Å²) in [4.78, 5) is 55.3. The number of carbonyl (C=O) groups is 2. The number of benzene rings is 2. The van der Waals surface area contributed by atoms with Gasteiger partial charge in [0.15, 0.2) is 0 Å². The summed E-state index contributed by atoms with van der Waals surface area (Å²) < 4.78 is 2.41. The molecule has 0 aliphatic carbocycles. The first-order chi connectivity index (χ1) is 17.9. The Labute approximate surface area is 215 Å². The minimum atomic E-state index is -0.500. The molecule has 0 saturated carbocycles. The van der Waals surface area contributed by atoms with Crippen LogP contribution in [0.15, 0.2) is 70.4 Å². The molecule has 192 valence electrons. The van der Waals surface area contributed by atoms with E-state index < -0.39 is 5.69 Å². The van der Waals surface area contributed by atoms with Crippen LogP contribution in [-0.4, -0.2) is 56.4 Å². The van der Waals surface area contributed by atoms with Gasteiger partial charge in [-0.1, -0.05) is 54.6 Å². The first-order valence-electron chi connectivity index (χ1n) is 12.9. The minimum Gasteiger partial charge on any atom is -0.341 e. The largest absolute Gasteiger partial charge is 0.341 e. The number of aromatic nitrogens is 2. The maximum absolute atomic E-state index is 13.1. The van der Waals surface area contributed by atoms with Crippen molar-refractivity contribution < 1.29 is 9.59 Å². The van der Waals surface area contributed by atoms with Gasteiger partial charge in [0.2, 0.25) is 11.8 Å². The summed E-state index contributed by atoms with van der Waals surface area (Å²) >= 11 is 0. The van der Waals surface area contributed by atoms with Crippen LogP contribution in [0, 0.1) is 0 Å². The van der Waals surface area contributed by atoms with Gasteiger partial charge in [0.25, 0.3) is 5.56 Å². The maximum atomic E-state index is 13.1. The van der Waals surface area contributed by atoms with Gasteiger partial charge in [0, 0.05) is 50.9 Å². The van der Waals surface area contributed by atoms with Crippen LogP contribution in [0.5, 0.6) is 0 Å². The second-order valence-corrected chi connectivity index (χ2v) is 9.99. The van der Waals surface area contributed by atoms with Crippen molar-refractivity contribution in [2.24, 2.45) is 7.05 Å². The summed E-state index contributed by atoms with van der Waals surface area (Å²) in [5, 5.41) is 0. The highest BCUT2D eigenvalue weighted by Gasteiger charge is 2.31. The van der Waals surface area contributed by atoms with E-state index in [-0.39, 0.29) is 30.0 Å². The maximum Gasteiger partial charge on any atom is 0.331 e. The number of fused-ring (bicyclic) bond motifs is 1. The van der Waals surface area contributed by atoms with E-state index in [0.29, 0.717) is 38.0 Å². The van der Waals surface area contributed by atoms with Crippen molar-refractivity contribution >= 4 is 11.8 Å². The van der Waals surface area contributed by atoms with E-state index in [2.05, 4.69) is 6.07 Å². The number of hydrogen-bond acceptors (Lipinski definition) is 4. The third-order valence-electron chi connectivity index (χ3n) is 7.63.